The van der Waals surface area contributed by atoms with E-state index in [0.717, 1.165) is 18.7 Å². The van der Waals surface area contributed by atoms with Crippen LogP contribution in [0.25, 0.3) is 11.0 Å². The molecule has 2 aromatic carbocycles. The van der Waals surface area contributed by atoms with Gasteiger partial charge in [0.05, 0.1) is 4.90 Å². The van der Waals surface area contributed by atoms with Crippen LogP contribution in [0.3, 0.4) is 0 Å². The van der Waals surface area contributed by atoms with Gasteiger partial charge in [0, 0.05) is 36.8 Å². The second-order valence-corrected chi connectivity index (χ2v) is 8.41. The summed E-state index contributed by atoms with van der Waals surface area (Å²) >= 11 is 0. The molecule has 7 heteroatoms. The number of benzene rings is 2. The van der Waals surface area contributed by atoms with E-state index in [9.17, 15) is 13.2 Å². The van der Waals surface area contributed by atoms with E-state index in [-0.39, 0.29) is 11.4 Å². The number of hydrogen-bond acceptors (Lipinski definition) is 5. The second kappa shape index (κ2) is 7.17. The van der Waals surface area contributed by atoms with Crippen molar-refractivity contribution in [3.63, 3.8) is 0 Å². The highest BCUT2D eigenvalue weighted by Gasteiger charge is 2.15. The zero-order valence-corrected chi connectivity index (χ0v) is 15.5. The molecule has 1 aliphatic rings. The van der Waals surface area contributed by atoms with Gasteiger partial charge in [-0.3, -0.25) is 0 Å². The van der Waals surface area contributed by atoms with Crippen molar-refractivity contribution in [1.82, 2.24) is 4.72 Å². The lowest BCUT2D eigenvalue weighted by Gasteiger charge is -2.17. The average molecular weight is 384 g/mol. The van der Waals surface area contributed by atoms with Gasteiger partial charge in [-0.15, -0.1) is 0 Å². The Morgan fingerprint density at radius 1 is 0.963 bits per heavy atom. The van der Waals surface area contributed by atoms with E-state index in [4.69, 9.17) is 4.42 Å². The minimum Gasteiger partial charge on any atom is -0.423 e. The van der Waals surface area contributed by atoms with E-state index in [1.54, 1.807) is 6.07 Å². The summed E-state index contributed by atoms with van der Waals surface area (Å²) in [5, 5.41) is 0.562. The van der Waals surface area contributed by atoms with Gasteiger partial charge in [0.1, 0.15) is 5.58 Å². The van der Waals surface area contributed by atoms with Crippen molar-refractivity contribution in [3.8, 4) is 0 Å². The molecule has 4 rings (SSSR count). The topological polar surface area (TPSA) is 79.6 Å². The molecule has 0 saturated carbocycles. The smallest absolute Gasteiger partial charge is 0.336 e. The molecular formula is C20H20N2O4S. The Labute approximate surface area is 157 Å². The molecule has 0 atom stereocenters. The highest BCUT2D eigenvalue weighted by atomic mass is 32.2. The Balaban J connectivity index is 1.48. The Morgan fingerprint density at radius 2 is 1.70 bits per heavy atom. The van der Waals surface area contributed by atoms with Gasteiger partial charge in [0.15, 0.2) is 0 Å². The van der Waals surface area contributed by atoms with Crippen molar-refractivity contribution < 1.29 is 12.8 Å². The van der Waals surface area contributed by atoms with Crippen LogP contribution in [0.2, 0.25) is 0 Å². The van der Waals surface area contributed by atoms with Crippen LogP contribution in [0.1, 0.15) is 18.4 Å². The first-order chi connectivity index (χ1) is 13.0. The van der Waals surface area contributed by atoms with Crippen LogP contribution in [0.5, 0.6) is 0 Å². The summed E-state index contributed by atoms with van der Waals surface area (Å²) < 4.78 is 32.8. The summed E-state index contributed by atoms with van der Waals surface area (Å²) in [6, 6.07) is 15.2. The lowest BCUT2D eigenvalue weighted by molar-refractivity contribution is 0.560. The first-order valence-electron chi connectivity index (χ1n) is 8.89. The summed E-state index contributed by atoms with van der Waals surface area (Å²) in [6.45, 7) is 2.37. The van der Waals surface area contributed by atoms with E-state index in [1.807, 2.05) is 24.3 Å². The second-order valence-electron chi connectivity index (χ2n) is 6.64. The third kappa shape index (κ3) is 3.89. The molecule has 1 aliphatic heterocycles. The monoisotopic (exact) mass is 384 g/mol. The Morgan fingerprint density at radius 3 is 2.44 bits per heavy atom. The van der Waals surface area contributed by atoms with E-state index in [0.29, 0.717) is 11.0 Å². The molecule has 0 unspecified atom stereocenters. The molecule has 1 N–H and O–H groups in total. The van der Waals surface area contributed by atoms with Crippen molar-refractivity contribution in [2.45, 2.75) is 24.3 Å². The van der Waals surface area contributed by atoms with Gasteiger partial charge in [-0.25, -0.2) is 17.9 Å². The maximum absolute atomic E-state index is 12.6. The summed E-state index contributed by atoms with van der Waals surface area (Å²) in [6.07, 6.45) is 2.44. The highest BCUT2D eigenvalue weighted by molar-refractivity contribution is 7.89. The third-order valence-electron chi connectivity index (χ3n) is 4.77. The highest BCUT2D eigenvalue weighted by Crippen LogP contribution is 2.21. The van der Waals surface area contributed by atoms with E-state index in [1.165, 1.54) is 42.8 Å². The van der Waals surface area contributed by atoms with Crippen LogP contribution in [0, 0.1) is 0 Å². The maximum atomic E-state index is 12.6. The molecule has 1 fully saturated rings. The number of sulfonamides is 1. The fourth-order valence-corrected chi connectivity index (χ4v) is 4.33. The molecular weight excluding hydrogens is 364 g/mol. The van der Waals surface area contributed by atoms with E-state index >= 15 is 0 Å². The van der Waals surface area contributed by atoms with Crippen LogP contribution < -0.4 is 15.2 Å². The lowest BCUT2D eigenvalue weighted by atomic mass is 10.2. The van der Waals surface area contributed by atoms with E-state index < -0.39 is 15.6 Å². The summed E-state index contributed by atoms with van der Waals surface area (Å²) in [5.74, 6) is 0. The normalized spacial score (nSPS) is 14.7. The zero-order chi connectivity index (χ0) is 18.9. The summed E-state index contributed by atoms with van der Waals surface area (Å²) in [5.41, 5.74) is 1.97. The fraction of sp³-hybridized carbons (Fsp3) is 0.250. The molecule has 1 saturated heterocycles. The van der Waals surface area contributed by atoms with Crippen molar-refractivity contribution in [2.24, 2.45) is 0 Å². The zero-order valence-electron chi connectivity index (χ0n) is 14.7. The molecule has 0 spiro atoms. The van der Waals surface area contributed by atoms with Gasteiger partial charge < -0.3 is 9.32 Å². The molecule has 0 bridgehead atoms. The summed E-state index contributed by atoms with van der Waals surface area (Å²) in [4.78, 5) is 13.7. The van der Waals surface area contributed by atoms with Crippen LogP contribution in [-0.4, -0.2) is 21.5 Å². The Kier molecular flexibility index (Phi) is 4.72. The number of fused-ring (bicyclic) bond motifs is 1. The van der Waals surface area contributed by atoms with E-state index in [2.05, 4.69) is 9.62 Å². The van der Waals surface area contributed by atoms with Crippen LogP contribution in [0.4, 0.5) is 5.69 Å². The number of nitrogens with zero attached hydrogens (tertiary/aromatic N) is 1. The minimum absolute atomic E-state index is 0.137. The van der Waals surface area contributed by atoms with Crippen molar-refractivity contribution in [2.75, 3.05) is 18.0 Å². The first-order valence-corrected chi connectivity index (χ1v) is 10.4. The van der Waals surface area contributed by atoms with Gasteiger partial charge in [-0.1, -0.05) is 12.1 Å². The molecule has 140 valence electrons. The fourth-order valence-electron chi connectivity index (χ4n) is 3.28. The molecule has 0 radical (unpaired) electrons. The van der Waals surface area contributed by atoms with Crippen molar-refractivity contribution in [1.29, 1.82) is 0 Å². The number of nitrogens with one attached hydrogen (secondary N) is 1. The van der Waals surface area contributed by atoms with Crippen LogP contribution >= 0.6 is 0 Å². The van der Waals surface area contributed by atoms with Crippen molar-refractivity contribution in [3.05, 3.63) is 70.6 Å². The quantitative estimate of drug-likeness (QED) is 0.684. The third-order valence-corrected chi connectivity index (χ3v) is 6.17. The molecule has 0 aliphatic carbocycles. The number of hydrogen-bond donors (Lipinski definition) is 1. The molecule has 0 amide bonds. The van der Waals surface area contributed by atoms with Crippen LogP contribution in [0.15, 0.2) is 68.7 Å². The standard InChI is InChI=1S/C20H20N2O4S/c23-20-10-5-16-13-18(8-9-19(16)26-20)27(24,25)21-14-15-3-6-17(7-4-15)22-11-1-2-12-22/h3-10,13,21H,1-2,11-12,14H2. The molecule has 27 heavy (non-hydrogen) atoms. The van der Waals surface area contributed by atoms with Crippen LogP contribution in [-0.2, 0) is 16.6 Å². The van der Waals surface area contributed by atoms with Gasteiger partial charge in [0.25, 0.3) is 0 Å². The number of anilines is 1. The van der Waals surface area contributed by atoms with Crippen molar-refractivity contribution >= 4 is 26.7 Å². The minimum atomic E-state index is -3.67. The van der Waals surface area contributed by atoms with Gasteiger partial charge in [-0.2, -0.15) is 0 Å². The average Bonchev–Trinajstić information content (AvgIpc) is 3.21. The van der Waals surface area contributed by atoms with Gasteiger partial charge in [0.2, 0.25) is 10.0 Å². The Hall–Kier alpha value is -2.64. The molecule has 1 aromatic heterocycles. The first kappa shape index (κ1) is 17.8. The predicted octanol–water partition coefficient (Wildman–Crippen LogP) is 2.87. The molecule has 2 heterocycles. The van der Waals surface area contributed by atoms with Gasteiger partial charge in [-0.05, 0) is 54.8 Å². The molecule has 6 nitrogen and oxygen atoms in total. The Bertz CT molecular complexity index is 1110. The predicted molar refractivity (Wildman–Crippen MR) is 104 cm³/mol. The molecule has 3 aromatic rings. The SMILES string of the molecule is O=c1ccc2cc(S(=O)(=O)NCc3ccc(N4CCCC4)cc3)ccc2o1. The van der Waals surface area contributed by atoms with Gasteiger partial charge >= 0.3 is 5.63 Å². The maximum Gasteiger partial charge on any atom is 0.336 e. The number of rotatable bonds is 5. The largest absolute Gasteiger partial charge is 0.423 e. The summed E-state index contributed by atoms with van der Waals surface area (Å²) in [7, 11) is -3.67. The lowest BCUT2D eigenvalue weighted by Crippen LogP contribution is -2.23.